The molecule has 146 valence electrons. The fourth-order valence-corrected chi connectivity index (χ4v) is 8.85. The molecule has 0 aliphatic carbocycles. The SMILES string of the molecule is C[C@]12CN(S(=O)(=O)[C@H]3CCS(=O)(=O)C3)C[C@H]1NC(=O)c1ccccc1C2=O. The monoisotopic (exact) mass is 412 g/mol. The number of benzene rings is 1. The van der Waals surface area contributed by atoms with E-state index in [-0.39, 0.29) is 42.2 Å². The van der Waals surface area contributed by atoms with Crippen LogP contribution in [0.25, 0.3) is 0 Å². The number of rotatable bonds is 2. The first-order valence-electron chi connectivity index (χ1n) is 8.69. The highest BCUT2D eigenvalue weighted by Gasteiger charge is 2.55. The lowest BCUT2D eigenvalue weighted by molar-refractivity contribution is 0.0796. The number of carbonyl (C=O) groups excluding carboxylic acids is 2. The Labute approximate surface area is 157 Å². The van der Waals surface area contributed by atoms with Crippen LogP contribution in [-0.2, 0) is 19.9 Å². The lowest BCUT2D eigenvalue weighted by Gasteiger charge is -2.27. The normalized spacial score (nSPS) is 33.2. The molecule has 0 radical (unpaired) electrons. The molecule has 1 aromatic carbocycles. The molecule has 2 saturated heterocycles. The van der Waals surface area contributed by atoms with Gasteiger partial charge < -0.3 is 5.32 Å². The van der Waals surface area contributed by atoms with E-state index < -0.39 is 48.2 Å². The van der Waals surface area contributed by atoms with E-state index in [1.807, 2.05) is 0 Å². The lowest BCUT2D eigenvalue weighted by atomic mass is 9.78. The number of nitrogens with one attached hydrogen (secondary N) is 1. The van der Waals surface area contributed by atoms with Gasteiger partial charge in [-0.05, 0) is 19.4 Å². The minimum atomic E-state index is -3.89. The number of Topliss-reactive ketones (excluding diaryl/α,β-unsaturated/α-hetero) is 1. The van der Waals surface area contributed by atoms with Crippen LogP contribution in [0.15, 0.2) is 24.3 Å². The van der Waals surface area contributed by atoms with Crippen LogP contribution in [0, 0.1) is 5.41 Å². The van der Waals surface area contributed by atoms with E-state index >= 15 is 0 Å². The molecule has 0 saturated carbocycles. The fraction of sp³-hybridized carbons (Fsp3) is 0.529. The molecule has 0 aromatic heterocycles. The number of hydrogen-bond donors (Lipinski definition) is 1. The predicted octanol–water partition coefficient (Wildman–Crippen LogP) is -0.180. The van der Waals surface area contributed by atoms with Crippen molar-refractivity contribution in [2.45, 2.75) is 24.6 Å². The van der Waals surface area contributed by atoms with Crippen LogP contribution in [0.1, 0.15) is 34.1 Å². The molecule has 4 rings (SSSR count). The van der Waals surface area contributed by atoms with E-state index in [1.54, 1.807) is 31.2 Å². The third-order valence-electron chi connectivity index (χ3n) is 5.87. The first-order chi connectivity index (χ1) is 12.5. The Kier molecular flexibility index (Phi) is 4.03. The van der Waals surface area contributed by atoms with Gasteiger partial charge in [-0.1, -0.05) is 18.2 Å². The summed E-state index contributed by atoms with van der Waals surface area (Å²) in [5.41, 5.74) is -0.538. The molecule has 1 N–H and O–H groups in total. The summed E-state index contributed by atoms with van der Waals surface area (Å²) >= 11 is 0. The fourth-order valence-electron chi connectivity index (χ4n) is 4.20. The Morgan fingerprint density at radius 2 is 1.85 bits per heavy atom. The second-order valence-electron chi connectivity index (χ2n) is 7.68. The quantitative estimate of drug-likeness (QED) is 0.720. The number of nitrogens with zero attached hydrogens (tertiary/aromatic N) is 1. The second-order valence-corrected chi connectivity index (χ2v) is 12.1. The Balaban J connectivity index is 1.69. The molecule has 1 aromatic rings. The van der Waals surface area contributed by atoms with E-state index in [0.717, 1.165) is 0 Å². The smallest absolute Gasteiger partial charge is 0.252 e. The first kappa shape index (κ1) is 18.6. The van der Waals surface area contributed by atoms with E-state index in [0.29, 0.717) is 0 Å². The van der Waals surface area contributed by atoms with Gasteiger partial charge in [0.1, 0.15) is 0 Å². The van der Waals surface area contributed by atoms with Crippen LogP contribution >= 0.6 is 0 Å². The number of carbonyl (C=O) groups is 2. The lowest BCUT2D eigenvalue weighted by Crippen LogP contribution is -2.47. The molecule has 0 bridgehead atoms. The van der Waals surface area contributed by atoms with Crippen LogP contribution in [0.3, 0.4) is 0 Å². The zero-order chi connectivity index (χ0) is 19.6. The molecular weight excluding hydrogens is 392 g/mol. The first-order valence-corrected chi connectivity index (χ1v) is 12.0. The van der Waals surface area contributed by atoms with Crippen LogP contribution < -0.4 is 5.32 Å². The average molecular weight is 412 g/mol. The highest BCUT2D eigenvalue weighted by atomic mass is 32.2. The summed E-state index contributed by atoms with van der Waals surface area (Å²) in [7, 11) is -7.24. The molecular formula is C17H20N2O6S2. The van der Waals surface area contributed by atoms with Gasteiger partial charge in [0, 0.05) is 18.7 Å². The maximum absolute atomic E-state index is 13.2. The molecule has 10 heteroatoms. The standard InChI is InChI=1S/C17H20N2O6S2/c1-17-10-19(27(24,25)11-6-7-26(22,23)9-11)8-14(17)18-16(21)13-5-3-2-4-12(13)15(17)20/h2-5,11,14H,6-10H2,1H3,(H,18,21)/t11-,14+,17-/m0/s1. The van der Waals surface area contributed by atoms with E-state index in [4.69, 9.17) is 0 Å². The summed E-state index contributed by atoms with van der Waals surface area (Å²) in [6, 6.07) is 5.82. The number of sulfonamides is 1. The number of fused-ring (bicyclic) bond motifs is 2. The van der Waals surface area contributed by atoms with Gasteiger partial charge in [-0.3, -0.25) is 9.59 Å². The Morgan fingerprint density at radius 1 is 1.19 bits per heavy atom. The van der Waals surface area contributed by atoms with Crippen molar-refractivity contribution in [3.8, 4) is 0 Å². The highest BCUT2D eigenvalue weighted by Crippen LogP contribution is 2.39. The average Bonchev–Trinajstić information content (AvgIpc) is 3.13. The minimum absolute atomic E-state index is 0.0408. The number of hydrogen-bond acceptors (Lipinski definition) is 6. The third-order valence-corrected chi connectivity index (χ3v) is 10.1. The van der Waals surface area contributed by atoms with Crippen molar-refractivity contribution >= 4 is 31.6 Å². The van der Waals surface area contributed by atoms with Crippen molar-refractivity contribution in [1.29, 1.82) is 0 Å². The highest BCUT2D eigenvalue weighted by molar-refractivity contribution is 7.95. The Morgan fingerprint density at radius 3 is 2.48 bits per heavy atom. The van der Waals surface area contributed by atoms with Crippen molar-refractivity contribution in [2.24, 2.45) is 5.41 Å². The molecule has 0 spiro atoms. The van der Waals surface area contributed by atoms with Gasteiger partial charge in [0.2, 0.25) is 10.0 Å². The van der Waals surface area contributed by atoms with Gasteiger partial charge in [-0.2, -0.15) is 4.31 Å². The molecule has 3 atom stereocenters. The van der Waals surface area contributed by atoms with Gasteiger partial charge in [0.05, 0.1) is 33.8 Å². The maximum atomic E-state index is 13.2. The molecule has 3 heterocycles. The molecule has 3 aliphatic rings. The van der Waals surface area contributed by atoms with Crippen molar-refractivity contribution in [1.82, 2.24) is 9.62 Å². The third kappa shape index (κ3) is 2.81. The predicted molar refractivity (Wildman–Crippen MR) is 97.7 cm³/mol. The number of ketones is 1. The molecule has 8 nitrogen and oxygen atoms in total. The van der Waals surface area contributed by atoms with Gasteiger partial charge in [0.25, 0.3) is 5.91 Å². The van der Waals surface area contributed by atoms with E-state index in [1.165, 1.54) is 4.31 Å². The summed E-state index contributed by atoms with van der Waals surface area (Å²) in [5, 5.41) is 1.80. The van der Waals surface area contributed by atoms with Crippen LogP contribution in [0.4, 0.5) is 0 Å². The van der Waals surface area contributed by atoms with Crippen molar-refractivity contribution in [3.05, 3.63) is 35.4 Å². The molecule has 1 amide bonds. The summed E-state index contributed by atoms with van der Waals surface area (Å²) in [6.45, 7) is 1.54. The van der Waals surface area contributed by atoms with Crippen LogP contribution in [-0.4, -0.2) is 68.7 Å². The summed E-state index contributed by atoms with van der Waals surface area (Å²) in [6.07, 6.45) is 0.0612. The minimum Gasteiger partial charge on any atom is -0.347 e. The topological polar surface area (TPSA) is 118 Å². The summed E-state index contributed by atoms with van der Waals surface area (Å²) < 4.78 is 50.5. The maximum Gasteiger partial charge on any atom is 0.252 e. The van der Waals surface area contributed by atoms with Gasteiger partial charge in [-0.25, -0.2) is 16.8 Å². The number of amides is 1. The zero-order valence-corrected chi connectivity index (χ0v) is 16.3. The molecule has 27 heavy (non-hydrogen) atoms. The molecule has 0 unspecified atom stereocenters. The van der Waals surface area contributed by atoms with Crippen molar-refractivity contribution < 1.29 is 26.4 Å². The van der Waals surface area contributed by atoms with Crippen LogP contribution in [0.5, 0.6) is 0 Å². The van der Waals surface area contributed by atoms with Gasteiger partial charge >= 0.3 is 0 Å². The second kappa shape index (κ2) is 5.86. The largest absolute Gasteiger partial charge is 0.347 e. The summed E-state index contributed by atoms with van der Waals surface area (Å²) in [4.78, 5) is 25.7. The van der Waals surface area contributed by atoms with E-state index in [2.05, 4.69) is 5.32 Å². The van der Waals surface area contributed by atoms with Crippen molar-refractivity contribution in [3.63, 3.8) is 0 Å². The van der Waals surface area contributed by atoms with Crippen LogP contribution in [0.2, 0.25) is 0 Å². The van der Waals surface area contributed by atoms with Gasteiger partial charge in [0.15, 0.2) is 15.6 Å². The molecule has 2 fully saturated rings. The molecule has 3 aliphatic heterocycles. The summed E-state index contributed by atoms with van der Waals surface area (Å²) in [5.74, 6) is -1.22. The Bertz CT molecular complexity index is 1050. The van der Waals surface area contributed by atoms with E-state index in [9.17, 15) is 26.4 Å². The zero-order valence-electron chi connectivity index (χ0n) is 14.7. The number of sulfone groups is 1. The van der Waals surface area contributed by atoms with Crippen molar-refractivity contribution in [2.75, 3.05) is 24.6 Å². The van der Waals surface area contributed by atoms with Gasteiger partial charge in [-0.15, -0.1) is 0 Å². The Hall–Kier alpha value is -1.78.